The van der Waals surface area contributed by atoms with Crippen molar-refractivity contribution in [3.05, 3.63) is 36.7 Å². The maximum absolute atomic E-state index is 10.6. The number of hydrogen-bond acceptors (Lipinski definition) is 5. The zero-order valence-electron chi connectivity index (χ0n) is 15.5. The fraction of sp³-hybridized carbons (Fsp3) is 0.500. The van der Waals surface area contributed by atoms with Crippen LogP contribution in [0.1, 0.15) is 13.8 Å². The average Bonchev–Trinajstić information content (AvgIpc) is 2.45. The smallest absolute Gasteiger partial charge is 0.330 e. The van der Waals surface area contributed by atoms with E-state index in [2.05, 4.69) is 48.8 Å². The molecule has 0 spiro atoms. The molecular formula is C16H30O5PtSi2. The third-order valence-corrected chi connectivity index (χ3v) is 8.10. The van der Waals surface area contributed by atoms with Crippen LogP contribution < -0.4 is 0 Å². The first-order valence-electron chi connectivity index (χ1n) is 7.52. The fourth-order valence-corrected chi connectivity index (χ4v) is 7.45. The van der Waals surface area contributed by atoms with Crippen molar-refractivity contribution < 1.29 is 44.2 Å². The molecule has 0 saturated carbocycles. The van der Waals surface area contributed by atoms with Crippen molar-refractivity contribution in [3.63, 3.8) is 0 Å². The molecule has 8 heteroatoms. The van der Waals surface area contributed by atoms with E-state index in [9.17, 15) is 9.59 Å². The monoisotopic (exact) mass is 553 g/mol. The van der Waals surface area contributed by atoms with Crippen LogP contribution >= 0.6 is 0 Å². The molecule has 0 aromatic rings. The second-order valence-corrected chi connectivity index (χ2v) is 13.9. The number of rotatable bonds is 8. The molecule has 0 atom stereocenters. The average molecular weight is 554 g/mol. The van der Waals surface area contributed by atoms with Gasteiger partial charge in [-0.25, -0.2) is 9.59 Å². The molecule has 24 heavy (non-hydrogen) atoms. The molecule has 0 aliphatic carbocycles. The van der Waals surface area contributed by atoms with Gasteiger partial charge < -0.3 is 13.6 Å². The molecule has 5 nitrogen and oxygen atoms in total. The molecular weight excluding hydrogens is 523 g/mol. The molecule has 0 aliphatic heterocycles. The Balaban J connectivity index is -0.000000354. The summed E-state index contributed by atoms with van der Waals surface area (Å²) in [5.74, 6) is -1.07. The van der Waals surface area contributed by atoms with Crippen LogP contribution in [-0.2, 0) is 44.2 Å². The summed E-state index contributed by atoms with van der Waals surface area (Å²) in [5.41, 5.74) is 3.86. The predicted octanol–water partition coefficient (Wildman–Crippen LogP) is 3.53. The van der Waals surface area contributed by atoms with E-state index in [1.54, 1.807) is 13.8 Å². The van der Waals surface area contributed by atoms with Gasteiger partial charge in [-0.05, 0) is 40.0 Å². The van der Waals surface area contributed by atoms with Crippen molar-refractivity contribution >= 4 is 28.6 Å². The van der Waals surface area contributed by atoms with E-state index in [-0.39, 0.29) is 21.1 Å². The summed E-state index contributed by atoms with van der Waals surface area (Å²) in [6.45, 7) is 20.2. The first-order chi connectivity index (χ1) is 10.5. The van der Waals surface area contributed by atoms with Gasteiger partial charge in [0.25, 0.3) is 0 Å². The molecule has 0 amide bonds. The second-order valence-electron chi connectivity index (χ2n) is 5.64. The quantitative estimate of drug-likeness (QED) is 0.262. The standard InChI is InChI=1S/C8H12O4.C8H18OSi2.Pt/c1-3-11-7(9)5-6-8(10)12-4-2;1-7-11(6,8-2)9-10(3,4)5;/h5-6H,3-4H2,1-2H3;7-8H,1-2H2,3-6H3;/b6-5-;;. The third-order valence-electron chi connectivity index (χ3n) is 2.27. The van der Waals surface area contributed by atoms with E-state index in [0.29, 0.717) is 13.2 Å². The number of carbonyl (C=O) groups is 2. The summed E-state index contributed by atoms with van der Waals surface area (Å²) in [6.07, 6.45) is 2.09. The fourth-order valence-electron chi connectivity index (χ4n) is 1.34. The topological polar surface area (TPSA) is 61.8 Å². The van der Waals surface area contributed by atoms with Crippen LogP contribution in [0.25, 0.3) is 0 Å². The molecule has 0 aromatic carbocycles. The minimum absolute atomic E-state index is 0. The summed E-state index contributed by atoms with van der Waals surface area (Å²) in [4.78, 5) is 21.3. The summed E-state index contributed by atoms with van der Waals surface area (Å²) < 4.78 is 15.0. The largest absolute Gasteiger partial charge is 0.463 e. The van der Waals surface area contributed by atoms with E-state index in [1.807, 2.05) is 11.4 Å². The summed E-state index contributed by atoms with van der Waals surface area (Å²) >= 11 is 0. The van der Waals surface area contributed by atoms with Gasteiger partial charge in [0, 0.05) is 33.2 Å². The van der Waals surface area contributed by atoms with Gasteiger partial charge in [0.05, 0.1) is 13.2 Å². The minimum Gasteiger partial charge on any atom is -0.463 e. The molecule has 0 unspecified atom stereocenters. The van der Waals surface area contributed by atoms with E-state index in [4.69, 9.17) is 4.12 Å². The molecule has 0 radical (unpaired) electrons. The second kappa shape index (κ2) is 14.6. The van der Waals surface area contributed by atoms with Crippen molar-refractivity contribution in [2.75, 3.05) is 13.2 Å². The van der Waals surface area contributed by atoms with Crippen LogP contribution in [0.15, 0.2) is 36.7 Å². The van der Waals surface area contributed by atoms with E-state index < -0.39 is 28.6 Å². The van der Waals surface area contributed by atoms with Crippen LogP contribution in [0.3, 0.4) is 0 Å². The molecule has 142 valence electrons. The van der Waals surface area contributed by atoms with Crippen LogP contribution in [0, 0.1) is 0 Å². The molecule has 0 aliphatic rings. The molecule has 0 bridgehead atoms. The Bertz CT molecular complexity index is 403. The van der Waals surface area contributed by atoms with Gasteiger partial charge in [-0.15, -0.1) is 13.2 Å². The van der Waals surface area contributed by atoms with Gasteiger partial charge in [-0.1, -0.05) is 11.4 Å². The Morgan fingerprint density at radius 3 is 1.38 bits per heavy atom. The van der Waals surface area contributed by atoms with Gasteiger partial charge in [0.2, 0.25) is 8.32 Å². The molecule has 0 rings (SSSR count). The Morgan fingerprint density at radius 2 is 1.21 bits per heavy atom. The number of esters is 2. The zero-order chi connectivity index (χ0) is 18.5. The minimum atomic E-state index is -1.74. The SMILES string of the molecule is C=C[Si](C)(C=C)O[Si](C)(C)C.CCOC(=O)/C=C\C(=O)OCC.[Pt]. The number of hydrogen-bond donors (Lipinski definition) is 0. The summed E-state index contributed by atoms with van der Waals surface area (Å²) in [7, 11) is -3.16. The Hall–Kier alpha value is -0.758. The zero-order valence-corrected chi connectivity index (χ0v) is 19.8. The first kappa shape index (κ1) is 28.1. The maximum Gasteiger partial charge on any atom is 0.330 e. The first-order valence-corrected chi connectivity index (χ1v) is 13.5. The van der Waals surface area contributed by atoms with E-state index in [1.165, 1.54) is 0 Å². The Morgan fingerprint density at radius 1 is 0.875 bits per heavy atom. The van der Waals surface area contributed by atoms with Gasteiger partial charge >= 0.3 is 11.9 Å². The van der Waals surface area contributed by atoms with Crippen molar-refractivity contribution in [3.8, 4) is 0 Å². The van der Waals surface area contributed by atoms with Crippen LogP contribution in [0.2, 0.25) is 26.2 Å². The van der Waals surface area contributed by atoms with Crippen molar-refractivity contribution in [1.82, 2.24) is 0 Å². The molecule has 0 heterocycles. The summed E-state index contributed by atoms with van der Waals surface area (Å²) in [5, 5.41) is 0. The van der Waals surface area contributed by atoms with Crippen molar-refractivity contribution in [2.24, 2.45) is 0 Å². The third kappa shape index (κ3) is 17.6. The van der Waals surface area contributed by atoms with Gasteiger partial charge in [0.1, 0.15) is 0 Å². The van der Waals surface area contributed by atoms with Crippen LogP contribution in [0.4, 0.5) is 0 Å². The van der Waals surface area contributed by atoms with Crippen molar-refractivity contribution in [2.45, 2.75) is 40.0 Å². The number of ether oxygens (including phenoxy) is 2. The Labute approximate surface area is 162 Å². The Kier molecular flexibility index (Phi) is 17.0. The van der Waals surface area contributed by atoms with Gasteiger partial charge in [-0.2, -0.15) is 0 Å². The van der Waals surface area contributed by atoms with E-state index in [0.717, 1.165) is 12.2 Å². The molecule has 0 aromatic heterocycles. The molecule has 0 N–H and O–H groups in total. The number of carbonyl (C=O) groups excluding carboxylic acids is 2. The molecule has 0 saturated heterocycles. The summed E-state index contributed by atoms with van der Waals surface area (Å²) in [6, 6.07) is 0. The van der Waals surface area contributed by atoms with Crippen LogP contribution in [0.5, 0.6) is 0 Å². The van der Waals surface area contributed by atoms with Crippen molar-refractivity contribution in [1.29, 1.82) is 0 Å². The van der Waals surface area contributed by atoms with Crippen LogP contribution in [-0.4, -0.2) is 41.8 Å². The van der Waals surface area contributed by atoms with Gasteiger partial charge in [-0.3, -0.25) is 0 Å². The normalized spacial score (nSPS) is 10.8. The van der Waals surface area contributed by atoms with E-state index >= 15 is 0 Å². The predicted molar refractivity (Wildman–Crippen MR) is 98.8 cm³/mol. The van der Waals surface area contributed by atoms with Gasteiger partial charge in [0.15, 0.2) is 8.32 Å². The molecule has 0 fully saturated rings. The maximum atomic E-state index is 10.6.